The van der Waals surface area contributed by atoms with Gasteiger partial charge in [-0.2, -0.15) is 0 Å². The molecule has 0 N–H and O–H groups in total. The first-order valence-electron chi connectivity index (χ1n) is 21.4. The van der Waals surface area contributed by atoms with Gasteiger partial charge >= 0.3 is 0 Å². The average Bonchev–Trinajstić information content (AvgIpc) is 3.62. The molecule has 0 heterocycles. The summed E-state index contributed by atoms with van der Waals surface area (Å²) < 4.78 is 42.3. The van der Waals surface area contributed by atoms with Crippen molar-refractivity contribution in [2.45, 2.75) is 5.41 Å². The molecule has 1 nitrogen and oxygen atoms in total. The van der Waals surface area contributed by atoms with Crippen molar-refractivity contribution in [1.29, 1.82) is 0 Å². The van der Waals surface area contributed by atoms with E-state index in [9.17, 15) is 0 Å². The van der Waals surface area contributed by atoms with Gasteiger partial charge in [0.1, 0.15) is 0 Å². The molecule has 0 saturated carbocycles. The SMILES string of the molecule is [2H]c1c([2H])c([2H])c(-c2ccc(N(c3cc(-c4ccccc4)cc(-c4ccccc4)c3)c3ccc4c(c3)C(c3ccccc3)(c3ccccc3)c3ccccc3-4)cc2)c([2H])c1[2H]. The highest BCUT2D eigenvalue weighted by Gasteiger charge is 2.46. The molecule has 56 heavy (non-hydrogen) atoms. The van der Waals surface area contributed by atoms with E-state index in [0.717, 1.165) is 39.3 Å². The summed E-state index contributed by atoms with van der Waals surface area (Å²) in [5.74, 6) is 0. The van der Waals surface area contributed by atoms with Gasteiger partial charge in [-0.25, -0.2) is 0 Å². The van der Waals surface area contributed by atoms with Crippen molar-refractivity contribution >= 4 is 17.1 Å². The van der Waals surface area contributed by atoms with Crippen molar-refractivity contribution in [3.8, 4) is 44.5 Å². The first-order valence-corrected chi connectivity index (χ1v) is 18.9. The quantitative estimate of drug-likeness (QED) is 0.151. The van der Waals surface area contributed by atoms with Gasteiger partial charge < -0.3 is 4.90 Å². The van der Waals surface area contributed by atoms with Crippen LogP contribution in [0.2, 0.25) is 0 Å². The molecular weight excluding hydrogens is 675 g/mol. The number of nitrogens with zero attached hydrogens (tertiary/aromatic N) is 1. The second-order valence-corrected chi connectivity index (χ2v) is 14.1. The Morgan fingerprint density at radius 1 is 0.321 bits per heavy atom. The molecule has 9 aromatic rings. The molecule has 10 rings (SSSR count). The molecule has 0 aromatic heterocycles. The molecule has 1 aliphatic carbocycles. The second kappa shape index (κ2) is 14.2. The van der Waals surface area contributed by atoms with Gasteiger partial charge in [-0.05, 0) is 109 Å². The van der Waals surface area contributed by atoms with Gasteiger partial charge in [0.2, 0.25) is 0 Å². The van der Waals surface area contributed by atoms with Crippen molar-refractivity contribution in [1.82, 2.24) is 0 Å². The fourth-order valence-corrected chi connectivity index (χ4v) is 8.53. The van der Waals surface area contributed by atoms with Crippen molar-refractivity contribution in [2.24, 2.45) is 0 Å². The number of hydrogen-bond acceptors (Lipinski definition) is 1. The predicted molar refractivity (Wildman–Crippen MR) is 235 cm³/mol. The van der Waals surface area contributed by atoms with E-state index in [1.54, 1.807) is 0 Å². The summed E-state index contributed by atoms with van der Waals surface area (Å²) in [6.07, 6.45) is 0. The summed E-state index contributed by atoms with van der Waals surface area (Å²) in [5.41, 5.74) is 14.3. The summed E-state index contributed by atoms with van der Waals surface area (Å²) in [5, 5.41) is 0. The van der Waals surface area contributed by atoms with Crippen LogP contribution in [0.3, 0.4) is 0 Å². The number of hydrogen-bond donors (Lipinski definition) is 0. The summed E-state index contributed by atoms with van der Waals surface area (Å²) in [7, 11) is 0. The number of rotatable bonds is 8. The first-order chi connectivity index (χ1) is 29.8. The molecule has 0 amide bonds. The normalized spacial score (nSPS) is 13.7. The van der Waals surface area contributed by atoms with Crippen LogP contribution in [0.1, 0.15) is 29.1 Å². The van der Waals surface area contributed by atoms with E-state index in [-0.39, 0.29) is 29.7 Å². The lowest BCUT2D eigenvalue weighted by atomic mass is 9.67. The van der Waals surface area contributed by atoms with Crippen LogP contribution < -0.4 is 4.90 Å². The first kappa shape index (κ1) is 28.3. The maximum absolute atomic E-state index is 8.71. The van der Waals surface area contributed by atoms with E-state index in [1.807, 2.05) is 36.4 Å². The molecule has 0 aliphatic heterocycles. The summed E-state index contributed by atoms with van der Waals surface area (Å²) in [6, 6.07) is 70.7. The standard InChI is InChI=1S/C55H39N/c1-6-18-40(19-7-1)43-30-32-48(33-31-43)56(50-37-44(41-20-8-2-9-21-41)36-45(38-50)42-22-10-3-11-23-42)49-34-35-52-51-28-16-17-29-53(51)55(54(52)39-49,46-24-12-4-13-25-46)47-26-14-5-15-27-47/h1-39H/i1D,6D,7D,18D,19D. The Balaban J connectivity index is 1.24. The molecule has 1 heteroatoms. The van der Waals surface area contributed by atoms with Crippen molar-refractivity contribution < 1.29 is 6.85 Å². The molecule has 0 unspecified atom stereocenters. The molecular formula is C55H39N. The second-order valence-electron chi connectivity index (χ2n) is 14.1. The zero-order valence-electron chi connectivity index (χ0n) is 35.6. The number of benzene rings is 9. The largest absolute Gasteiger partial charge is 0.310 e. The minimum atomic E-state index is -0.609. The van der Waals surface area contributed by atoms with Crippen LogP contribution in [0.15, 0.2) is 236 Å². The third-order valence-corrected chi connectivity index (χ3v) is 11.0. The Bertz CT molecular complexity index is 2930. The van der Waals surface area contributed by atoms with E-state index in [4.69, 9.17) is 6.85 Å². The van der Waals surface area contributed by atoms with Gasteiger partial charge in [-0.3, -0.25) is 0 Å². The number of fused-ring (bicyclic) bond motifs is 3. The summed E-state index contributed by atoms with van der Waals surface area (Å²) >= 11 is 0. The lowest BCUT2D eigenvalue weighted by Gasteiger charge is -2.35. The molecule has 0 fully saturated rings. The fraction of sp³-hybridized carbons (Fsp3) is 0.0182. The van der Waals surface area contributed by atoms with Crippen LogP contribution in [-0.2, 0) is 5.41 Å². The highest BCUT2D eigenvalue weighted by molar-refractivity contribution is 5.91. The van der Waals surface area contributed by atoms with Crippen LogP contribution in [0, 0.1) is 0 Å². The van der Waals surface area contributed by atoms with Crippen LogP contribution in [-0.4, -0.2) is 0 Å². The smallest absolute Gasteiger partial charge is 0.0714 e. The number of anilines is 3. The van der Waals surface area contributed by atoms with Gasteiger partial charge in [0, 0.05) is 17.1 Å². The van der Waals surface area contributed by atoms with Crippen LogP contribution in [0.5, 0.6) is 0 Å². The monoisotopic (exact) mass is 718 g/mol. The maximum atomic E-state index is 8.71. The van der Waals surface area contributed by atoms with Gasteiger partial charge in [-0.15, -0.1) is 0 Å². The molecule has 0 radical (unpaired) electrons. The zero-order valence-corrected chi connectivity index (χ0v) is 30.6. The van der Waals surface area contributed by atoms with Crippen molar-refractivity contribution in [3.63, 3.8) is 0 Å². The maximum Gasteiger partial charge on any atom is 0.0714 e. The van der Waals surface area contributed by atoms with E-state index in [2.05, 4.69) is 175 Å². The third-order valence-electron chi connectivity index (χ3n) is 11.0. The molecule has 0 spiro atoms. The lowest BCUT2D eigenvalue weighted by molar-refractivity contribution is 0.768. The molecule has 1 aliphatic rings. The summed E-state index contributed by atoms with van der Waals surface area (Å²) in [6.45, 7) is 0. The highest BCUT2D eigenvalue weighted by atomic mass is 15.1. The minimum absolute atomic E-state index is 0.173. The Kier molecular flexibility index (Phi) is 7.17. The predicted octanol–water partition coefficient (Wildman–Crippen LogP) is 14.5. The third kappa shape index (κ3) is 5.73. The van der Waals surface area contributed by atoms with Gasteiger partial charge in [0.15, 0.2) is 0 Å². The Morgan fingerprint density at radius 2 is 0.804 bits per heavy atom. The van der Waals surface area contributed by atoms with Crippen LogP contribution in [0.4, 0.5) is 17.1 Å². The summed E-state index contributed by atoms with van der Waals surface area (Å²) in [4.78, 5) is 2.27. The van der Waals surface area contributed by atoms with Gasteiger partial charge in [-0.1, -0.05) is 194 Å². The topological polar surface area (TPSA) is 3.24 Å². The van der Waals surface area contributed by atoms with Crippen molar-refractivity contribution in [3.05, 3.63) is 259 Å². The van der Waals surface area contributed by atoms with E-state index in [1.165, 1.54) is 33.4 Å². The fourth-order valence-electron chi connectivity index (χ4n) is 8.53. The molecule has 0 atom stereocenters. The van der Waals surface area contributed by atoms with Crippen molar-refractivity contribution in [2.75, 3.05) is 4.90 Å². The molecule has 9 aromatic carbocycles. The Morgan fingerprint density at radius 3 is 1.39 bits per heavy atom. The molecule has 0 bridgehead atoms. The van der Waals surface area contributed by atoms with Gasteiger partial charge in [0.25, 0.3) is 0 Å². The Hall–Kier alpha value is -7.22. The minimum Gasteiger partial charge on any atom is -0.310 e. The zero-order chi connectivity index (χ0) is 41.7. The van der Waals surface area contributed by atoms with Gasteiger partial charge in [0.05, 0.1) is 12.3 Å². The van der Waals surface area contributed by atoms with Crippen LogP contribution >= 0.6 is 0 Å². The van der Waals surface area contributed by atoms with E-state index in [0.29, 0.717) is 5.56 Å². The lowest BCUT2D eigenvalue weighted by Crippen LogP contribution is -2.28. The molecule has 264 valence electrons. The highest BCUT2D eigenvalue weighted by Crippen LogP contribution is 2.57. The molecule has 0 saturated heterocycles. The average molecular weight is 719 g/mol. The van der Waals surface area contributed by atoms with Crippen LogP contribution in [0.25, 0.3) is 44.5 Å². The van der Waals surface area contributed by atoms with E-state index >= 15 is 0 Å². The Labute approximate surface area is 336 Å². The van der Waals surface area contributed by atoms with E-state index < -0.39 is 11.5 Å².